The van der Waals surface area contributed by atoms with Crippen molar-refractivity contribution in [2.24, 2.45) is 0 Å². The number of hydrogen-bond donors (Lipinski definition) is 1. The summed E-state index contributed by atoms with van der Waals surface area (Å²) in [5.41, 5.74) is 1.06. The number of benzene rings is 1. The maximum atomic E-state index is 13.1. The molecule has 1 amide bonds. The average molecular weight is 432 g/mol. The molecule has 0 saturated carbocycles. The van der Waals surface area contributed by atoms with Crippen molar-refractivity contribution in [3.05, 3.63) is 83.1 Å². The van der Waals surface area contributed by atoms with Crippen LogP contribution in [0.25, 0.3) is 5.76 Å². The molecule has 1 N–H and O–H groups in total. The zero-order valence-corrected chi connectivity index (χ0v) is 17.3. The van der Waals surface area contributed by atoms with Gasteiger partial charge in [-0.3, -0.25) is 14.6 Å². The van der Waals surface area contributed by atoms with Crippen molar-refractivity contribution >= 4 is 17.4 Å². The van der Waals surface area contributed by atoms with Gasteiger partial charge in [0, 0.05) is 24.5 Å². The molecule has 0 unspecified atom stereocenters. The predicted octanol–water partition coefficient (Wildman–Crippen LogP) is 3.38. The number of rotatable bonds is 4. The number of carbonyl (C=O) groups excluding carboxylic acids is 2. The summed E-state index contributed by atoms with van der Waals surface area (Å²) in [7, 11) is 0. The van der Waals surface area contributed by atoms with Crippen molar-refractivity contribution < 1.29 is 28.6 Å². The number of ketones is 1. The summed E-state index contributed by atoms with van der Waals surface area (Å²) in [5, 5.41) is 11.2. The Labute approximate surface area is 183 Å². The molecule has 5 rings (SSSR count). The minimum atomic E-state index is -0.878. The molecule has 0 aliphatic carbocycles. The molecule has 8 nitrogen and oxygen atoms in total. The Bertz CT molecular complexity index is 1230. The van der Waals surface area contributed by atoms with E-state index in [0.717, 1.165) is 5.56 Å². The molecule has 1 aromatic carbocycles. The molecule has 2 aromatic heterocycles. The van der Waals surface area contributed by atoms with Crippen LogP contribution in [0.3, 0.4) is 0 Å². The second-order valence-electron chi connectivity index (χ2n) is 7.60. The lowest BCUT2D eigenvalue weighted by Crippen LogP contribution is -2.29. The molecule has 2 aliphatic rings. The van der Waals surface area contributed by atoms with E-state index in [9.17, 15) is 14.7 Å². The number of aliphatic hydroxyl groups is 1. The van der Waals surface area contributed by atoms with Crippen molar-refractivity contribution in [1.82, 2.24) is 9.88 Å². The lowest BCUT2D eigenvalue weighted by molar-refractivity contribution is -0.140. The summed E-state index contributed by atoms with van der Waals surface area (Å²) in [5.74, 6) is 0.259. The fourth-order valence-corrected chi connectivity index (χ4v) is 3.97. The minimum Gasteiger partial charge on any atom is -0.507 e. The van der Waals surface area contributed by atoms with E-state index in [1.807, 2.05) is 6.07 Å². The first-order valence-corrected chi connectivity index (χ1v) is 10.2. The number of Topliss-reactive ketones (excluding diaryl/α,β-unsaturated/α-hetero) is 1. The standard InChI is InChI=1S/C24H20N2O6/c1-14-4-6-18(32-14)21-20(22(27)16-5-7-17-19(11-16)31-10-9-30-17)23(28)24(29)26(21)13-15-3-2-8-25-12-15/h2-8,11-12,21,27H,9-10,13H2,1H3/b22-20+/t21-/m0/s1. The number of carbonyl (C=O) groups is 2. The van der Waals surface area contributed by atoms with Gasteiger partial charge in [0.25, 0.3) is 11.7 Å². The number of likely N-dealkylation sites (tertiary alicyclic amines) is 1. The summed E-state index contributed by atoms with van der Waals surface area (Å²) in [4.78, 5) is 31.6. The van der Waals surface area contributed by atoms with E-state index in [4.69, 9.17) is 13.9 Å². The summed E-state index contributed by atoms with van der Waals surface area (Å²) in [6.07, 6.45) is 3.26. The average Bonchev–Trinajstić information content (AvgIpc) is 3.35. The highest BCUT2D eigenvalue weighted by Crippen LogP contribution is 2.42. The minimum absolute atomic E-state index is 0.0371. The highest BCUT2D eigenvalue weighted by Gasteiger charge is 2.47. The molecule has 0 radical (unpaired) electrons. The number of aryl methyl sites for hydroxylation is 1. The first-order chi connectivity index (χ1) is 15.5. The van der Waals surface area contributed by atoms with Crippen molar-refractivity contribution in [2.75, 3.05) is 13.2 Å². The third-order valence-electron chi connectivity index (χ3n) is 5.46. The van der Waals surface area contributed by atoms with Gasteiger partial charge in [0.05, 0.1) is 5.57 Å². The molecule has 1 fully saturated rings. The second-order valence-corrected chi connectivity index (χ2v) is 7.60. The van der Waals surface area contributed by atoms with Gasteiger partial charge >= 0.3 is 0 Å². The lowest BCUT2D eigenvalue weighted by Gasteiger charge is -2.23. The van der Waals surface area contributed by atoms with Crippen LogP contribution in [0.1, 0.15) is 28.7 Å². The van der Waals surface area contributed by atoms with Gasteiger partial charge in [-0.15, -0.1) is 0 Å². The van der Waals surface area contributed by atoms with Gasteiger partial charge in [0.1, 0.15) is 36.5 Å². The molecule has 0 spiro atoms. The molecule has 8 heteroatoms. The third kappa shape index (κ3) is 3.39. The summed E-state index contributed by atoms with van der Waals surface area (Å²) < 4.78 is 16.9. The number of furan rings is 1. The SMILES string of the molecule is Cc1ccc([C@H]2/C(=C(\O)c3ccc4c(c3)OCCO4)C(=O)C(=O)N2Cc2cccnc2)o1. The van der Waals surface area contributed by atoms with Crippen LogP contribution >= 0.6 is 0 Å². The Hall–Kier alpha value is -4.07. The number of fused-ring (bicyclic) bond motifs is 1. The predicted molar refractivity (Wildman–Crippen MR) is 113 cm³/mol. The highest BCUT2D eigenvalue weighted by molar-refractivity contribution is 6.46. The second kappa shape index (κ2) is 7.88. The third-order valence-corrected chi connectivity index (χ3v) is 5.46. The molecule has 2 aliphatic heterocycles. The van der Waals surface area contributed by atoms with Crippen molar-refractivity contribution in [2.45, 2.75) is 19.5 Å². The zero-order chi connectivity index (χ0) is 22.2. The van der Waals surface area contributed by atoms with Gasteiger partial charge in [0.2, 0.25) is 0 Å². The first-order valence-electron chi connectivity index (χ1n) is 10.2. The van der Waals surface area contributed by atoms with Crippen molar-refractivity contribution in [1.29, 1.82) is 0 Å². The number of hydrogen-bond acceptors (Lipinski definition) is 7. The van der Waals surface area contributed by atoms with Crippen LogP contribution in [0.2, 0.25) is 0 Å². The number of amides is 1. The van der Waals surface area contributed by atoms with Crippen LogP contribution < -0.4 is 9.47 Å². The van der Waals surface area contributed by atoms with E-state index in [0.29, 0.717) is 41.8 Å². The molecule has 4 heterocycles. The number of ether oxygens (including phenoxy) is 2. The number of pyridine rings is 1. The Balaban J connectivity index is 1.62. The van der Waals surface area contributed by atoms with E-state index >= 15 is 0 Å². The van der Waals surface area contributed by atoms with E-state index in [2.05, 4.69) is 4.98 Å². The van der Waals surface area contributed by atoms with E-state index in [1.54, 1.807) is 55.7 Å². The Morgan fingerprint density at radius 2 is 1.94 bits per heavy atom. The Morgan fingerprint density at radius 3 is 2.66 bits per heavy atom. The Kier molecular flexibility index (Phi) is 4.89. The van der Waals surface area contributed by atoms with Crippen molar-refractivity contribution in [3.63, 3.8) is 0 Å². The maximum absolute atomic E-state index is 13.1. The maximum Gasteiger partial charge on any atom is 0.296 e. The molecule has 1 saturated heterocycles. The van der Waals surface area contributed by atoms with E-state index in [1.165, 1.54) is 4.90 Å². The van der Waals surface area contributed by atoms with Gasteiger partial charge in [0.15, 0.2) is 11.5 Å². The molecule has 0 bridgehead atoms. The lowest BCUT2D eigenvalue weighted by atomic mass is 9.99. The summed E-state index contributed by atoms with van der Waals surface area (Å²) >= 11 is 0. The van der Waals surface area contributed by atoms with Crippen LogP contribution in [-0.2, 0) is 16.1 Å². The first kappa shape index (κ1) is 19.9. The molecule has 32 heavy (non-hydrogen) atoms. The van der Waals surface area contributed by atoms with E-state index < -0.39 is 17.7 Å². The Morgan fingerprint density at radius 1 is 1.12 bits per heavy atom. The normalized spacial score (nSPS) is 19.4. The molecular formula is C24H20N2O6. The van der Waals surface area contributed by atoms with Crippen LogP contribution in [0, 0.1) is 6.92 Å². The van der Waals surface area contributed by atoms with Gasteiger partial charge in [-0.25, -0.2) is 0 Å². The van der Waals surface area contributed by atoms with Gasteiger partial charge in [-0.05, 0) is 48.9 Å². The van der Waals surface area contributed by atoms with Crippen LogP contribution in [0.4, 0.5) is 0 Å². The van der Waals surface area contributed by atoms with Crippen LogP contribution in [-0.4, -0.2) is 39.9 Å². The van der Waals surface area contributed by atoms with Crippen LogP contribution in [0.15, 0.2) is 64.8 Å². The quantitative estimate of drug-likeness (QED) is 0.383. The topological polar surface area (TPSA) is 102 Å². The molecular weight excluding hydrogens is 412 g/mol. The molecule has 1 atom stereocenters. The highest BCUT2D eigenvalue weighted by atomic mass is 16.6. The fraction of sp³-hybridized carbons (Fsp3) is 0.208. The molecule has 3 aromatic rings. The van der Waals surface area contributed by atoms with E-state index in [-0.39, 0.29) is 17.9 Å². The number of aromatic nitrogens is 1. The number of aliphatic hydroxyl groups excluding tert-OH is 1. The van der Waals surface area contributed by atoms with Crippen LogP contribution in [0.5, 0.6) is 11.5 Å². The monoisotopic (exact) mass is 432 g/mol. The zero-order valence-electron chi connectivity index (χ0n) is 17.3. The fourth-order valence-electron chi connectivity index (χ4n) is 3.97. The molecule has 162 valence electrons. The van der Waals surface area contributed by atoms with Gasteiger partial charge < -0.3 is 23.9 Å². The van der Waals surface area contributed by atoms with Gasteiger partial charge in [-0.2, -0.15) is 0 Å². The summed E-state index contributed by atoms with van der Waals surface area (Å²) in [6, 6.07) is 11.1. The van der Waals surface area contributed by atoms with Gasteiger partial charge in [-0.1, -0.05) is 6.07 Å². The summed E-state index contributed by atoms with van der Waals surface area (Å²) in [6.45, 7) is 2.74. The largest absolute Gasteiger partial charge is 0.507 e. The number of nitrogens with zero attached hydrogens (tertiary/aromatic N) is 2. The van der Waals surface area contributed by atoms with Crippen molar-refractivity contribution in [3.8, 4) is 11.5 Å². The smallest absolute Gasteiger partial charge is 0.296 e.